The number of nitrogens with two attached hydrogens (primary N) is 1. The van der Waals surface area contributed by atoms with Crippen LogP contribution in [0.4, 0.5) is 26.1 Å². The highest BCUT2D eigenvalue weighted by atomic mass is 19.2. The second-order valence-corrected chi connectivity index (χ2v) is 3.19. The van der Waals surface area contributed by atoms with E-state index in [9.17, 15) is 8.78 Å². The lowest BCUT2D eigenvalue weighted by Crippen LogP contribution is -2.09. The lowest BCUT2D eigenvalue weighted by molar-refractivity contribution is 0.509. The first-order valence-electron chi connectivity index (χ1n) is 4.70. The molecule has 2 aromatic rings. The van der Waals surface area contributed by atoms with Crippen LogP contribution in [0.5, 0.6) is 0 Å². The highest BCUT2D eigenvalue weighted by molar-refractivity contribution is 5.58. The summed E-state index contributed by atoms with van der Waals surface area (Å²) in [5.41, 5.74) is 2.73. The molecule has 5 nitrogen and oxygen atoms in total. The van der Waals surface area contributed by atoms with Crippen LogP contribution in [0.25, 0.3) is 0 Å². The molecule has 0 unspecified atom stereocenters. The Hall–Kier alpha value is -2.28. The highest BCUT2D eigenvalue weighted by Gasteiger charge is 2.03. The predicted molar refractivity (Wildman–Crippen MR) is 59.5 cm³/mol. The molecule has 1 heterocycles. The summed E-state index contributed by atoms with van der Waals surface area (Å²) in [5, 5.41) is 2.79. The molecule has 0 fully saturated rings. The van der Waals surface area contributed by atoms with Crippen LogP contribution in [0.15, 0.2) is 30.6 Å². The molecule has 0 saturated carbocycles. The number of hydrogen-bond donors (Lipinski definition) is 3. The van der Waals surface area contributed by atoms with Crippen molar-refractivity contribution < 1.29 is 8.78 Å². The Balaban J connectivity index is 2.22. The van der Waals surface area contributed by atoms with Gasteiger partial charge in [0.1, 0.15) is 18.0 Å². The van der Waals surface area contributed by atoms with Crippen LogP contribution >= 0.6 is 0 Å². The Kier molecular flexibility index (Phi) is 3.10. The summed E-state index contributed by atoms with van der Waals surface area (Å²) in [6.07, 6.45) is 1.29. The molecule has 0 saturated heterocycles. The van der Waals surface area contributed by atoms with Crippen molar-refractivity contribution in [3.63, 3.8) is 0 Å². The van der Waals surface area contributed by atoms with Gasteiger partial charge in [-0.3, -0.25) is 0 Å². The average Bonchev–Trinajstić information content (AvgIpc) is 2.34. The van der Waals surface area contributed by atoms with E-state index in [-0.39, 0.29) is 0 Å². The highest BCUT2D eigenvalue weighted by Crippen LogP contribution is 2.18. The van der Waals surface area contributed by atoms with E-state index in [1.807, 2.05) is 0 Å². The van der Waals surface area contributed by atoms with Crippen LogP contribution in [0, 0.1) is 11.6 Å². The average molecular weight is 237 g/mol. The first kappa shape index (κ1) is 11.2. The molecule has 0 radical (unpaired) electrons. The maximum absolute atomic E-state index is 12.9. The molecule has 0 bridgehead atoms. The van der Waals surface area contributed by atoms with Gasteiger partial charge in [0.05, 0.1) is 0 Å². The fourth-order valence-corrected chi connectivity index (χ4v) is 1.23. The van der Waals surface area contributed by atoms with E-state index >= 15 is 0 Å². The minimum Gasteiger partial charge on any atom is -0.340 e. The zero-order valence-electron chi connectivity index (χ0n) is 8.61. The van der Waals surface area contributed by atoms with Crippen molar-refractivity contribution >= 4 is 17.3 Å². The number of hydrogen-bond acceptors (Lipinski definition) is 5. The molecule has 0 amide bonds. The lowest BCUT2D eigenvalue weighted by atomic mass is 10.3. The number of hydrazine groups is 1. The molecular weight excluding hydrogens is 228 g/mol. The van der Waals surface area contributed by atoms with Crippen molar-refractivity contribution in [3.8, 4) is 0 Å². The van der Waals surface area contributed by atoms with Gasteiger partial charge in [0.25, 0.3) is 0 Å². The van der Waals surface area contributed by atoms with E-state index in [1.165, 1.54) is 18.5 Å². The van der Waals surface area contributed by atoms with Gasteiger partial charge in [0.2, 0.25) is 0 Å². The van der Waals surface area contributed by atoms with Gasteiger partial charge in [-0.15, -0.1) is 0 Å². The Labute approximate surface area is 95.7 Å². The number of benzene rings is 1. The van der Waals surface area contributed by atoms with Gasteiger partial charge in [0, 0.05) is 17.8 Å². The maximum atomic E-state index is 12.9. The molecule has 7 heteroatoms. The molecule has 1 aromatic heterocycles. The first-order chi connectivity index (χ1) is 8.19. The van der Waals surface area contributed by atoms with Gasteiger partial charge in [0.15, 0.2) is 11.6 Å². The van der Waals surface area contributed by atoms with E-state index in [4.69, 9.17) is 5.84 Å². The van der Waals surface area contributed by atoms with Crippen molar-refractivity contribution in [2.45, 2.75) is 0 Å². The third-order valence-corrected chi connectivity index (χ3v) is 2.01. The topological polar surface area (TPSA) is 75.9 Å². The molecule has 17 heavy (non-hydrogen) atoms. The van der Waals surface area contributed by atoms with Gasteiger partial charge >= 0.3 is 0 Å². The summed E-state index contributed by atoms with van der Waals surface area (Å²) < 4.78 is 25.6. The van der Waals surface area contributed by atoms with Crippen LogP contribution in [-0.4, -0.2) is 9.97 Å². The van der Waals surface area contributed by atoms with Gasteiger partial charge in [-0.2, -0.15) is 0 Å². The Morgan fingerprint density at radius 2 is 1.76 bits per heavy atom. The molecule has 0 atom stereocenters. The van der Waals surface area contributed by atoms with Gasteiger partial charge < -0.3 is 10.7 Å². The van der Waals surface area contributed by atoms with E-state index in [0.717, 1.165) is 12.1 Å². The van der Waals surface area contributed by atoms with Crippen LogP contribution < -0.4 is 16.6 Å². The molecule has 2 rings (SSSR count). The second-order valence-electron chi connectivity index (χ2n) is 3.19. The minimum atomic E-state index is -0.929. The Morgan fingerprint density at radius 3 is 2.47 bits per heavy atom. The van der Waals surface area contributed by atoms with Gasteiger partial charge in [-0.05, 0) is 12.1 Å². The molecule has 88 valence electrons. The van der Waals surface area contributed by atoms with Crippen molar-refractivity contribution in [3.05, 3.63) is 42.2 Å². The van der Waals surface area contributed by atoms with Gasteiger partial charge in [-0.1, -0.05) is 0 Å². The normalized spacial score (nSPS) is 10.1. The molecule has 1 aromatic carbocycles. The molecule has 4 N–H and O–H groups in total. The summed E-state index contributed by atoms with van der Waals surface area (Å²) in [4.78, 5) is 7.71. The number of nitrogens with one attached hydrogen (secondary N) is 2. The Bertz CT molecular complexity index is 532. The van der Waals surface area contributed by atoms with E-state index in [0.29, 0.717) is 17.3 Å². The summed E-state index contributed by atoms with van der Waals surface area (Å²) >= 11 is 0. The number of nitrogen functional groups attached to an aromatic ring is 1. The molecule has 0 aliphatic rings. The zero-order chi connectivity index (χ0) is 12.3. The predicted octanol–water partition coefficient (Wildman–Crippen LogP) is 1.78. The van der Waals surface area contributed by atoms with Crippen LogP contribution in [-0.2, 0) is 0 Å². The van der Waals surface area contributed by atoms with E-state index in [1.54, 1.807) is 0 Å². The summed E-state index contributed by atoms with van der Waals surface area (Å²) in [5.74, 6) is 4.17. The van der Waals surface area contributed by atoms with Crippen LogP contribution in [0.2, 0.25) is 0 Å². The Morgan fingerprint density at radius 1 is 1.00 bits per heavy atom. The number of rotatable bonds is 3. The molecular formula is C10H9F2N5. The summed E-state index contributed by atoms with van der Waals surface area (Å²) in [7, 11) is 0. The summed E-state index contributed by atoms with van der Waals surface area (Å²) in [6.45, 7) is 0. The van der Waals surface area contributed by atoms with Crippen LogP contribution in [0.3, 0.4) is 0 Å². The lowest BCUT2D eigenvalue weighted by Gasteiger charge is -2.06. The zero-order valence-corrected chi connectivity index (χ0v) is 8.61. The fourth-order valence-electron chi connectivity index (χ4n) is 1.23. The number of anilines is 3. The molecule has 0 spiro atoms. The minimum absolute atomic E-state index is 0.380. The van der Waals surface area contributed by atoms with E-state index < -0.39 is 11.6 Å². The van der Waals surface area contributed by atoms with Crippen molar-refractivity contribution in [1.29, 1.82) is 0 Å². The monoisotopic (exact) mass is 237 g/mol. The number of aromatic nitrogens is 2. The van der Waals surface area contributed by atoms with Crippen molar-refractivity contribution in [2.75, 3.05) is 10.7 Å². The smallest absolute Gasteiger partial charge is 0.160 e. The number of halogens is 2. The fraction of sp³-hybridized carbons (Fsp3) is 0. The SMILES string of the molecule is NNc1cc(Nc2ccc(F)c(F)c2)ncn1. The third kappa shape index (κ3) is 2.64. The quantitative estimate of drug-likeness (QED) is 0.560. The second kappa shape index (κ2) is 4.71. The number of nitrogens with zero attached hydrogens (tertiary/aromatic N) is 2. The third-order valence-electron chi connectivity index (χ3n) is 2.01. The standard InChI is InChI=1S/C10H9F2N5/c11-7-2-1-6(3-8(7)12)16-9-4-10(17-13)15-5-14-9/h1-5H,13H2,(H2,14,15,16,17). The van der Waals surface area contributed by atoms with Crippen molar-refractivity contribution in [2.24, 2.45) is 5.84 Å². The maximum Gasteiger partial charge on any atom is 0.160 e. The molecule has 0 aliphatic heterocycles. The molecule has 0 aliphatic carbocycles. The van der Waals surface area contributed by atoms with Crippen molar-refractivity contribution in [1.82, 2.24) is 9.97 Å². The van der Waals surface area contributed by atoms with Crippen LogP contribution in [0.1, 0.15) is 0 Å². The summed E-state index contributed by atoms with van der Waals surface area (Å²) in [6, 6.07) is 4.99. The largest absolute Gasteiger partial charge is 0.340 e. The van der Waals surface area contributed by atoms with E-state index in [2.05, 4.69) is 20.7 Å². The van der Waals surface area contributed by atoms with Gasteiger partial charge in [-0.25, -0.2) is 24.6 Å². The first-order valence-corrected chi connectivity index (χ1v) is 4.70.